The summed E-state index contributed by atoms with van der Waals surface area (Å²) in [7, 11) is 0. The molecule has 0 radical (unpaired) electrons. The first kappa shape index (κ1) is 17.1. The van der Waals surface area contributed by atoms with Gasteiger partial charge >= 0.3 is 6.18 Å². The molecule has 0 aliphatic carbocycles. The standard InChI is InChI=1S/C14H21F3N2O3/c15-14(16,17)8-12(20)19-4-1-9(2-5-19)7-11-10(13(18)21)3-6-22-11/h9-11H,1-8H2,(H2,18,21)/t10-,11-/m1/s1. The molecule has 2 aliphatic rings. The first-order chi connectivity index (χ1) is 10.3. The molecule has 2 N–H and O–H groups in total. The molecule has 2 aliphatic heterocycles. The highest BCUT2D eigenvalue weighted by Gasteiger charge is 2.37. The average Bonchev–Trinajstić information content (AvgIpc) is 2.86. The van der Waals surface area contributed by atoms with E-state index in [0.29, 0.717) is 45.4 Å². The lowest BCUT2D eigenvalue weighted by atomic mass is 9.86. The monoisotopic (exact) mass is 322 g/mol. The van der Waals surface area contributed by atoms with Crippen molar-refractivity contribution in [1.29, 1.82) is 0 Å². The molecule has 0 saturated carbocycles. The van der Waals surface area contributed by atoms with Crippen LogP contribution in [0.2, 0.25) is 0 Å². The van der Waals surface area contributed by atoms with Crippen molar-refractivity contribution in [2.24, 2.45) is 17.6 Å². The van der Waals surface area contributed by atoms with Crippen molar-refractivity contribution in [2.75, 3.05) is 19.7 Å². The Morgan fingerprint density at radius 1 is 1.18 bits per heavy atom. The molecule has 2 amide bonds. The molecule has 22 heavy (non-hydrogen) atoms. The highest BCUT2D eigenvalue weighted by atomic mass is 19.4. The molecule has 0 aromatic rings. The highest BCUT2D eigenvalue weighted by Crippen LogP contribution is 2.31. The van der Waals surface area contributed by atoms with E-state index in [4.69, 9.17) is 10.5 Å². The van der Waals surface area contributed by atoms with E-state index in [1.165, 1.54) is 4.90 Å². The fourth-order valence-corrected chi connectivity index (χ4v) is 3.24. The number of hydrogen-bond donors (Lipinski definition) is 1. The van der Waals surface area contributed by atoms with Crippen molar-refractivity contribution >= 4 is 11.8 Å². The fraction of sp³-hybridized carbons (Fsp3) is 0.857. The highest BCUT2D eigenvalue weighted by molar-refractivity contribution is 5.77. The third-order valence-corrected chi connectivity index (χ3v) is 4.46. The Labute approximate surface area is 127 Å². The van der Waals surface area contributed by atoms with Gasteiger partial charge in [0, 0.05) is 19.7 Å². The van der Waals surface area contributed by atoms with Gasteiger partial charge in [0.25, 0.3) is 0 Å². The van der Waals surface area contributed by atoms with Crippen LogP contribution in [0.5, 0.6) is 0 Å². The average molecular weight is 322 g/mol. The lowest BCUT2D eigenvalue weighted by molar-refractivity contribution is -0.162. The summed E-state index contributed by atoms with van der Waals surface area (Å²) in [5.41, 5.74) is 5.34. The largest absolute Gasteiger partial charge is 0.397 e. The second-order valence-corrected chi connectivity index (χ2v) is 6.06. The van der Waals surface area contributed by atoms with Crippen molar-refractivity contribution in [1.82, 2.24) is 4.90 Å². The second-order valence-electron chi connectivity index (χ2n) is 6.06. The lowest BCUT2D eigenvalue weighted by Gasteiger charge is -2.33. The number of likely N-dealkylation sites (tertiary alicyclic amines) is 1. The Morgan fingerprint density at radius 3 is 2.36 bits per heavy atom. The number of nitrogens with two attached hydrogens (primary N) is 1. The molecule has 2 heterocycles. The Morgan fingerprint density at radius 2 is 1.82 bits per heavy atom. The summed E-state index contributed by atoms with van der Waals surface area (Å²) < 4.78 is 42.2. The van der Waals surface area contributed by atoms with Gasteiger partial charge in [0.2, 0.25) is 11.8 Å². The van der Waals surface area contributed by atoms with Gasteiger partial charge in [-0.25, -0.2) is 0 Å². The van der Waals surface area contributed by atoms with Crippen molar-refractivity contribution in [3.05, 3.63) is 0 Å². The van der Waals surface area contributed by atoms with Gasteiger partial charge in [0.1, 0.15) is 6.42 Å². The van der Waals surface area contributed by atoms with E-state index in [9.17, 15) is 22.8 Å². The van der Waals surface area contributed by atoms with Crippen LogP contribution in [-0.4, -0.2) is 48.7 Å². The third-order valence-electron chi connectivity index (χ3n) is 4.46. The SMILES string of the molecule is NC(=O)[C@@H]1CCO[C@@H]1CC1CCN(C(=O)CC(F)(F)F)CC1. The molecule has 2 atom stereocenters. The number of rotatable bonds is 4. The minimum Gasteiger partial charge on any atom is -0.377 e. The number of nitrogens with zero attached hydrogens (tertiary/aromatic N) is 1. The topological polar surface area (TPSA) is 72.6 Å². The number of ether oxygens (including phenoxy) is 1. The molecule has 0 spiro atoms. The summed E-state index contributed by atoms with van der Waals surface area (Å²) in [6.45, 7) is 1.17. The van der Waals surface area contributed by atoms with E-state index in [-0.39, 0.29) is 23.8 Å². The second kappa shape index (κ2) is 6.85. The maximum atomic E-state index is 12.2. The van der Waals surface area contributed by atoms with Crippen molar-refractivity contribution in [2.45, 2.75) is 44.4 Å². The van der Waals surface area contributed by atoms with Crippen LogP contribution in [0.1, 0.15) is 32.1 Å². The van der Waals surface area contributed by atoms with Crippen LogP contribution in [0.4, 0.5) is 13.2 Å². The first-order valence-electron chi connectivity index (χ1n) is 7.51. The number of carbonyl (C=O) groups excluding carboxylic acids is 2. The maximum absolute atomic E-state index is 12.2. The van der Waals surface area contributed by atoms with Gasteiger partial charge in [-0.2, -0.15) is 13.2 Å². The van der Waals surface area contributed by atoms with Crippen LogP contribution in [0, 0.1) is 11.8 Å². The molecular formula is C14H21F3N2O3. The van der Waals surface area contributed by atoms with Crippen LogP contribution in [-0.2, 0) is 14.3 Å². The van der Waals surface area contributed by atoms with E-state index in [0.717, 1.165) is 0 Å². The van der Waals surface area contributed by atoms with Gasteiger partial charge in [0.05, 0.1) is 12.0 Å². The van der Waals surface area contributed by atoms with Gasteiger partial charge in [0.15, 0.2) is 0 Å². The van der Waals surface area contributed by atoms with Gasteiger partial charge in [-0.15, -0.1) is 0 Å². The molecule has 2 saturated heterocycles. The summed E-state index contributed by atoms with van der Waals surface area (Å²) in [6, 6.07) is 0. The number of primary amides is 1. The summed E-state index contributed by atoms with van der Waals surface area (Å²) in [5.74, 6) is -1.25. The van der Waals surface area contributed by atoms with Crippen LogP contribution in [0.3, 0.4) is 0 Å². The molecule has 0 aromatic carbocycles. The molecule has 2 fully saturated rings. The smallest absolute Gasteiger partial charge is 0.377 e. The summed E-state index contributed by atoms with van der Waals surface area (Å²) in [6.07, 6.45) is -3.48. The molecule has 126 valence electrons. The molecular weight excluding hydrogens is 301 g/mol. The Hall–Kier alpha value is -1.31. The molecule has 0 unspecified atom stereocenters. The van der Waals surface area contributed by atoms with Crippen molar-refractivity contribution in [3.8, 4) is 0 Å². The van der Waals surface area contributed by atoms with Crippen LogP contribution < -0.4 is 5.73 Å². The van der Waals surface area contributed by atoms with E-state index >= 15 is 0 Å². The predicted octanol–water partition coefficient (Wildman–Crippen LogP) is 1.46. The number of carbonyl (C=O) groups is 2. The number of alkyl halides is 3. The molecule has 0 bridgehead atoms. The molecule has 0 aromatic heterocycles. The van der Waals surface area contributed by atoms with E-state index in [1.807, 2.05) is 0 Å². The minimum absolute atomic E-state index is 0.195. The summed E-state index contributed by atoms with van der Waals surface area (Å²) in [4.78, 5) is 24.1. The zero-order valence-electron chi connectivity index (χ0n) is 12.3. The number of halogens is 3. The zero-order chi connectivity index (χ0) is 16.3. The predicted molar refractivity (Wildman–Crippen MR) is 71.6 cm³/mol. The zero-order valence-corrected chi connectivity index (χ0v) is 12.3. The van der Waals surface area contributed by atoms with E-state index in [2.05, 4.69) is 0 Å². The van der Waals surface area contributed by atoms with Gasteiger partial charge in [-0.05, 0) is 31.6 Å². The fourth-order valence-electron chi connectivity index (χ4n) is 3.24. The third kappa shape index (κ3) is 4.59. The number of amides is 2. The van der Waals surface area contributed by atoms with Crippen molar-refractivity contribution in [3.63, 3.8) is 0 Å². The van der Waals surface area contributed by atoms with Crippen molar-refractivity contribution < 1.29 is 27.5 Å². The Kier molecular flexibility index (Phi) is 5.31. The van der Waals surface area contributed by atoms with Gasteiger partial charge in [-0.1, -0.05) is 0 Å². The Balaban J connectivity index is 1.78. The van der Waals surface area contributed by atoms with Gasteiger partial charge < -0.3 is 15.4 Å². The quantitative estimate of drug-likeness (QED) is 0.851. The number of hydrogen-bond acceptors (Lipinski definition) is 3. The summed E-state index contributed by atoms with van der Waals surface area (Å²) >= 11 is 0. The minimum atomic E-state index is -4.46. The number of piperidine rings is 1. The molecule has 2 rings (SSSR count). The molecule has 8 heteroatoms. The van der Waals surface area contributed by atoms with Gasteiger partial charge in [-0.3, -0.25) is 9.59 Å². The summed E-state index contributed by atoms with van der Waals surface area (Å²) in [5, 5.41) is 0. The van der Waals surface area contributed by atoms with Crippen LogP contribution in [0.15, 0.2) is 0 Å². The van der Waals surface area contributed by atoms with Crippen LogP contribution in [0.25, 0.3) is 0 Å². The maximum Gasteiger partial charge on any atom is 0.397 e. The van der Waals surface area contributed by atoms with E-state index < -0.39 is 18.5 Å². The Bertz CT molecular complexity index is 420. The molecule has 5 nitrogen and oxygen atoms in total. The normalized spacial score (nSPS) is 27.1. The lowest BCUT2D eigenvalue weighted by Crippen LogP contribution is -2.41. The van der Waals surface area contributed by atoms with E-state index in [1.54, 1.807) is 0 Å². The van der Waals surface area contributed by atoms with Crippen LogP contribution >= 0.6 is 0 Å². The first-order valence-corrected chi connectivity index (χ1v) is 7.51.